The number of hydrogen-bond donors (Lipinski definition) is 1. The predicted molar refractivity (Wildman–Crippen MR) is 115 cm³/mol. The van der Waals surface area contributed by atoms with Crippen molar-refractivity contribution in [2.24, 2.45) is 0 Å². The molecule has 0 aliphatic carbocycles. The molecule has 9 heteroatoms. The van der Waals surface area contributed by atoms with Crippen molar-refractivity contribution in [1.82, 2.24) is 9.62 Å². The van der Waals surface area contributed by atoms with Crippen molar-refractivity contribution < 1.29 is 22.7 Å². The summed E-state index contributed by atoms with van der Waals surface area (Å²) in [6.07, 6.45) is 0.266. The van der Waals surface area contributed by atoms with E-state index in [-0.39, 0.29) is 23.1 Å². The highest BCUT2D eigenvalue weighted by molar-refractivity contribution is 7.89. The molecule has 4 rings (SSSR count). The number of sulfonamides is 1. The highest BCUT2D eigenvalue weighted by Crippen LogP contribution is 2.35. The quantitative estimate of drug-likeness (QED) is 0.752. The Bertz CT molecular complexity index is 1080. The number of benzene rings is 2. The van der Waals surface area contributed by atoms with Crippen LogP contribution in [0.2, 0.25) is 0 Å². The number of ether oxygens (including phenoxy) is 1. The van der Waals surface area contributed by atoms with Gasteiger partial charge < -0.3 is 10.1 Å². The molecule has 0 aromatic heterocycles. The molecule has 8 nitrogen and oxygen atoms in total. The van der Waals surface area contributed by atoms with Gasteiger partial charge in [0.05, 0.1) is 18.1 Å². The molecule has 1 fully saturated rings. The van der Waals surface area contributed by atoms with Crippen molar-refractivity contribution in [2.75, 3.05) is 31.2 Å². The Balaban J connectivity index is 1.55. The van der Waals surface area contributed by atoms with Crippen LogP contribution in [0.5, 0.6) is 0 Å². The number of hydrogen-bond acceptors (Lipinski definition) is 5. The molecule has 2 aliphatic heterocycles. The minimum absolute atomic E-state index is 0.169. The Morgan fingerprint density at radius 2 is 1.81 bits per heavy atom. The molecule has 2 aromatic carbocycles. The second-order valence-corrected chi connectivity index (χ2v) is 9.56. The van der Waals surface area contributed by atoms with Gasteiger partial charge in [0.25, 0.3) is 0 Å². The second kappa shape index (κ2) is 8.78. The van der Waals surface area contributed by atoms with Gasteiger partial charge in [-0.05, 0) is 29.3 Å². The standard InChI is InChI=1S/C22H25N3O5S/c1-16(26)25-20-8-7-19(31(28,29)24-9-11-30-12-10-24)13-18(20)14-21(25)22(27)23-15-17-5-3-2-4-6-17/h2-8,13,21H,9-12,14-15H2,1H3,(H,23,27)/t21-/m0/s1. The molecule has 0 bridgehead atoms. The number of rotatable bonds is 5. The molecule has 2 amide bonds. The van der Waals surface area contributed by atoms with Crippen LogP contribution in [0, 0.1) is 0 Å². The minimum atomic E-state index is -3.66. The summed E-state index contributed by atoms with van der Waals surface area (Å²) in [5, 5.41) is 2.88. The summed E-state index contributed by atoms with van der Waals surface area (Å²) in [5.41, 5.74) is 2.21. The molecule has 1 N–H and O–H groups in total. The minimum Gasteiger partial charge on any atom is -0.379 e. The largest absolute Gasteiger partial charge is 0.379 e. The normalized spacial score (nSPS) is 19.1. The molecule has 164 valence electrons. The fourth-order valence-corrected chi connectivity index (χ4v) is 5.49. The van der Waals surface area contributed by atoms with Gasteiger partial charge in [-0.3, -0.25) is 14.5 Å². The molecular weight excluding hydrogens is 418 g/mol. The maximum Gasteiger partial charge on any atom is 0.243 e. The van der Waals surface area contributed by atoms with Gasteiger partial charge in [-0.15, -0.1) is 0 Å². The Kier molecular flexibility index (Phi) is 6.08. The Morgan fingerprint density at radius 1 is 1.10 bits per heavy atom. The van der Waals surface area contributed by atoms with Crippen molar-refractivity contribution in [1.29, 1.82) is 0 Å². The van der Waals surface area contributed by atoms with Crippen LogP contribution in [-0.4, -0.2) is 56.9 Å². The summed E-state index contributed by atoms with van der Waals surface area (Å²) in [6, 6.07) is 13.5. The molecule has 0 saturated carbocycles. The first-order chi connectivity index (χ1) is 14.9. The van der Waals surface area contributed by atoms with Gasteiger partial charge in [0.2, 0.25) is 21.8 Å². The van der Waals surface area contributed by atoms with E-state index in [1.54, 1.807) is 12.1 Å². The number of carbonyl (C=O) groups is 2. The fourth-order valence-electron chi connectivity index (χ4n) is 4.03. The van der Waals surface area contributed by atoms with Gasteiger partial charge >= 0.3 is 0 Å². The summed E-state index contributed by atoms with van der Waals surface area (Å²) in [4.78, 5) is 26.8. The van der Waals surface area contributed by atoms with E-state index in [0.717, 1.165) is 5.56 Å². The van der Waals surface area contributed by atoms with Gasteiger partial charge in [0.15, 0.2) is 0 Å². The lowest BCUT2D eigenvalue weighted by atomic mass is 10.1. The number of morpholine rings is 1. The zero-order chi connectivity index (χ0) is 22.0. The lowest BCUT2D eigenvalue weighted by Gasteiger charge is -2.26. The first kappa shape index (κ1) is 21.5. The zero-order valence-electron chi connectivity index (χ0n) is 17.3. The van der Waals surface area contributed by atoms with Gasteiger partial charge in [-0.2, -0.15) is 4.31 Å². The Hall–Kier alpha value is -2.75. The van der Waals surface area contributed by atoms with E-state index in [4.69, 9.17) is 4.74 Å². The van der Waals surface area contributed by atoms with Gasteiger partial charge in [0, 0.05) is 38.7 Å². The molecule has 0 spiro atoms. The monoisotopic (exact) mass is 443 g/mol. The third-order valence-corrected chi connectivity index (χ3v) is 7.49. The Morgan fingerprint density at radius 3 is 2.48 bits per heavy atom. The van der Waals surface area contributed by atoms with Crippen molar-refractivity contribution in [2.45, 2.75) is 30.8 Å². The molecule has 2 aliphatic rings. The van der Waals surface area contributed by atoms with E-state index >= 15 is 0 Å². The first-order valence-electron chi connectivity index (χ1n) is 10.2. The highest BCUT2D eigenvalue weighted by Gasteiger charge is 2.38. The summed E-state index contributed by atoms with van der Waals surface area (Å²) >= 11 is 0. The van der Waals surface area contributed by atoms with Crippen LogP contribution >= 0.6 is 0 Å². The van der Waals surface area contributed by atoms with E-state index in [1.165, 1.54) is 22.2 Å². The third-order valence-electron chi connectivity index (χ3n) is 5.59. The Labute approximate surface area is 181 Å². The molecule has 2 aromatic rings. The molecule has 1 saturated heterocycles. The number of amides is 2. The molecule has 2 heterocycles. The van der Waals surface area contributed by atoms with Crippen LogP contribution in [0.25, 0.3) is 0 Å². The van der Waals surface area contributed by atoms with Crippen LogP contribution in [0.4, 0.5) is 5.69 Å². The predicted octanol–water partition coefficient (Wildman–Crippen LogP) is 1.30. The lowest BCUT2D eigenvalue weighted by molar-refractivity contribution is -0.125. The summed E-state index contributed by atoms with van der Waals surface area (Å²) in [5.74, 6) is -0.532. The molecule has 1 atom stereocenters. The number of nitrogens with one attached hydrogen (secondary N) is 1. The van der Waals surface area contributed by atoms with Crippen molar-refractivity contribution in [3.8, 4) is 0 Å². The summed E-state index contributed by atoms with van der Waals surface area (Å²) < 4.78 is 32.6. The summed E-state index contributed by atoms with van der Waals surface area (Å²) in [7, 11) is -3.66. The average Bonchev–Trinajstić information content (AvgIpc) is 3.18. The third kappa shape index (κ3) is 4.34. The van der Waals surface area contributed by atoms with Crippen LogP contribution in [-0.2, 0) is 37.3 Å². The SMILES string of the molecule is CC(=O)N1c2ccc(S(=O)(=O)N3CCOCC3)cc2C[C@H]1C(=O)NCc1ccccc1. The fraction of sp³-hybridized carbons (Fsp3) is 0.364. The number of carbonyl (C=O) groups excluding carboxylic acids is 2. The highest BCUT2D eigenvalue weighted by atomic mass is 32.2. The van der Waals surface area contributed by atoms with Crippen LogP contribution in [0.15, 0.2) is 53.4 Å². The maximum absolute atomic E-state index is 13.0. The van der Waals surface area contributed by atoms with E-state index in [2.05, 4.69) is 5.32 Å². The molecule has 31 heavy (non-hydrogen) atoms. The topological polar surface area (TPSA) is 96.0 Å². The van der Waals surface area contributed by atoms with Crippen LogP contribution in [0.3, 0.4) is 0 Å². The maximum atomic E-state index is 13.0. The van der Waals surface area contributed by atoms with Crippen molar-refractivity contribution in [3.63, 3.8) is 0 Å². The van der Waals surface area contributed by atoms with E-state index in [9.17, 15) is 18.0 Å². The van der Waals surface area contributed by atoms with Crippen LogP contribution in [0.1, 0.15) is 18.1 Å². The number of anilines is 1. The van der Waals surface area contributed by atoms with Crippen molar-refractivity contribution in [3.05, 3.63) is 59.7 Å². The number of nitrogens with zero attached hydrogens (tertiary/aromatic N) is 2. The second-order valence-electron chi connectivity index (χ2n) is 7.62. The number of fused-ring (bicyclic) bond motifs is 1. The summed E-state index contributed by atoms with van der Waals surface area (Å²) in [6.45, 7) is 3.12. The smallest absolute Gasteiger partial charge is 0.243 e. The van der Waals surface area contributed by atoms with Gasteiger partial charge in [-0.1, -0.05) is 30.3 Å². The first-order valence-corrected chi connectivity index (χ1v) is 11.6. The van der Waals surface area contributed by atoms with E-state index < -0.39 is 16.1 Å². The van der Waals surface area contributed by atoms with Crippen LogP contribution < -0.4 is 10.2 Å². The zero-order valence-corrected chi connectivity index (χ0v) is 18.1. The average molecular weight is 444 g/mol. The molecule has 0 unspecified atom stereocenters. The van der Waals surface area contributed by atoms with Gasteiger partial charge in [-0.25, -0.2) is 8.42 Å². The van der Waals surface area contributed by atoms with Gasteiger partial charge in [0.1, 0.15) is 6.04 Å². The molecular formula is C22H25N3O5S. The lowest BCUT2D eigenvalue weighted by Crippen LogP contribution is -2.47. The molecule has 0 radical (unpaired) electrons. The van der Waals surface area contributed by atoms with Crippen molar-refractivity contribution >= 4 is 27.5 Å². The van der Waals surface area contributed by atoms with E-state index in [0.29, 0.717) is 44.1 Å². The van der Waals surface area contributed by atoms with E-state index in [1.807, 2.05) is 30.3 Å².